The van der Waals surface area contributed by atoms with Crippen LogP contribution in [0.5, 0.6) is 0 Å². The van der Waals surface area contributed by atoms with E-state index in [1.807, 2.05) is 41.3 Å². The largest absolute Gasteiger partial charge is 0.336 e. The first kappa shape index (κ1) is 16.4. The number of carbonyl (C=O) groups is 1. The summed E-state index contributed by atoms with van der Waals surface area (Å²) in [6.07, 6.45) is 3.95. The van der Waals surface area contributed by atoms with E-state index in [9.17, 15) is 4.79 Å². The Bertz CT molecular complexity index is 862. The molecule has 4 rings (SSSR count). The fraction of sp³-hybridized carbons (Fsp3) is 0.300. The van der Waals surface area contributed by atoms with E-state index in [0.29, 0.717) is 19.5 Å². The number of hydrogen-bond donors (Lipinski definition) is 1. The monoisotopic (exact) mass is 347 g/mol. The molecule has 1 saturated heterocycles. The third kappa shape index (κ3) is 3.79. The maximum atomic E-state index is 12.3. The van der Waals surface area contributed by atoms with Gasteiger partial charge in [0.2, 0.25) is 5.91 Å². The molecule has 3 aromatic rings. The Balaban J connectivity index is 1.36. The van der Waals surface area contributed by atoms with Gasteiger partial charge in [-0.2, -0.15) is 5.10 Å². The van der Waals surface area contributed by atoms with Gasteiger partial charge in [-0.25, -0.2) is 4.98 Å². The summed E-state index contributed by atoms with van der Waals surface area (Å²) in [4.78, 5) is 23.1. The van der Waals surface area contributed by atoms with Gasteiger partial charge in [-0.3, -0.25) is 14.9 Å². The van der Waals surface area contributed by atoms with Gasteiger partial charge in [-0.1, -0.05) is 36.4 Å². The van der Waals surface area contributed by atoms with Crippen molar-refractivity contribution >= 4 is 5.91 Å². The van der Waals surface area contributed by atoms with Gasteiger partial charge < -0.3 is 4.90 Å². The Morgan fingerprint density at radius 2 is 1.92 bits per heavy atom. The molecule has 1 N–H and O–H groups in total. The van der Waals surface area contributed by atoms with E-state index < -0.39 is 0 Å². The van der Waals surface area contributed by atoms with Gasteiger partial charge in [0.1, 0.15) is 5.82 Å². The number of nitrogens with zero attached hydrogens (tertiary/aromatic N) is 4. The van der Waals surface area contributed by atoms with Gasteiger partial charge >= 0.3 is 0 Å². The number of rotatable bonds is 6. The number of likely N-dealkylation sites (tertiary alicyclic amines) is 1. The average Bonchev–Trinajstić information content (AvgIpc) is 3.29. The molecular formula is C20H21N5O. The molecule has 1 atom stereocenters. The molecule has 6 heteroatoms. The first-order chi connectivity index (χ1) is 12.8. The van der Waals surface area contributed by atoms with Crippen molar-refractivity contribution in [3.8, 4) is 0 Å². The molecule has 2 aromatic heterocycles. The first-order valence-electron chi connectivity index (χ1n) is 8.91. The maximum absolute atomic E-state index is 12.3. The summed E-state index contributed by atoms with van der Waals surface area (Å²) >= 11 is 0. The van der Waals surface area contributed by atoms with Gasteiger partial charge in [0.15, 0.2) is 5.82 Å². The van der Waals surface area contributed by atoms with Gasteiger partial charge in [0.05, 0.1) is 12.2 Å². The van der Waals surface area contributed by atoms with Crippen molar-refractivity contribution in [3.63, 3.8) is 0 Å². The number of H-pyrrole nitrogens is 1. The summed E-state index contributed by atoms with van der Waals surface area (Å²) in [5.74, 6) is 1.80. The fourth-order valence-corrected chi connectivity index (χ4v) is 3.30. The molecule has 1 aliphatic rings. The maximum Gasteiger partial charge on any atom is 0.223 e. The molecule has 0 bridgehead atoms. The van der Waals surface area contributed by atoms with Crippen LogP contribution in [0.1, 0.15) is 35.2 Å². The number of aromatic nitrogens is 4. The molecule has 26 heavy (non-hydrogen) atoms. The van der Waals surface area contributed by atoms with Gasteiger partial charge in [-0.05, 0) is 24.1 Å². The summed E-state index contributed by atoms with van der Waals surface area (Å²) in [6.45, 7) is 1.19. The van der Waals surface area contributed by atoms with Gasteiger partial charge in [0, 0.05) is 31.5 Å². The second-order valence-corrected chi connectivity index (χ2v) is 6.62. The highest BCUT2D eigenvalue weighted by molar-refractivity contribution is 5.79. The van der Waals surface area contributed by atoms with Crippen LogP contribution in [0.2, 0.25) is 0 Å². The molecule has 1 amide bonds. The van der Waals surface area contributed by atoms with Crippen LogP contribution in [-0.4, -0.2) is 37.5 Å². The minimum atomic E-state index is 0.0490. The Labute approximate surface area is 152 Å². The molecule has 1 aromatic carbocycles. The number of aryl methyl sites for hydroxylation is 2. The van der Waals surface area contributed by atoms with Crippen LogP contribution in [0.15, 0.2) is 54.7 Å². The van der Waals surface area contributed by atoms with E-state index in [-0.39, 0.29) is 11.8 Å². The first-order valence-corrected chi connectivity index (χ1v) is 8.91. The van der Waals surface area contributed by atoms with Crippen molar-refractivity contribution in [1.29, 1.82) is 0 Å². The minimum absolute atomic E-state index is 0.0490. The summed E-state index contributed by atoms with van der Waals surface area (Å²) < 4.78 is 0. The molecular weight excluding hydrogens is 326 g/mol. The van der Waals surface area contributed by atoms with E-state index in [1.165, 1.54) is 5.56 Å². The van der Waals surface area contributed by atoms with Crippen LogP contribution in [0, 0.1) is 0 Å². The number of hydrogen-bond acceptors (Lipinski definition) is 4. The topological polar surface area (TPSA) is 74.8 Å². The zero-order chi connectivity index (χ0) is 17.8. The zero-order valence-electron chi connectivity index (χ0n) is 14.5. The molecule has 132 valence electrons. The van der Waals surface area contributed by atoms with Crippen LogP contribution < -0.4 is 0 Å². The molecule has 6 nitrogen and oxygen atoms in total. The van der Waals surface area contributed by atoms with Crippen molar-refractivity contribution < 1.29 is 4.79 Å². The van der Waals surface area contributed by atoms with Gasteiger partial charge in [0.25, 0.3) is 0 Å². The third-order valence-electron chi connectivity index (χ3n) is 4.70. The normalized spacial score (nSPS) is 17.0. The highest BCUT2D eigenvalue weighted by atomic mass is 16.2. The Morgan fingerprint density at radius 3 is 2.73 bits per heavy atom. The van der Waals surface area contributed by atoms with Crippen LogP contribution in [0.3, 0.4) is 0 Å². The van der Waals surface area contributed by atoms with E-state index in [2.05, 4.69) is 32.3 Å². The Hall–Kier alpha value is -3.02. The lowest BCUT2D eigenvalue weighted by Crippen LogP contribution is -2.24. The second kappa shape index (κ2) is 7.47. The van der Waals surface area contributed by atoms with Crippen LogP contribution in [-0.2, 0) is 24.2 Å². The molecule has 1 fully saturated rings. The van der Waals surface area contributed by atoms with E-state index in [0.717, 1.165) is 30.2 Å². The molecule has 0 saturated carbocycles. The lowest BCUT2D eigenvalue weighted by molar-refractivity contribution is -0.128. The predicted molar refractivity (Wildman–Crippen MR) is 97.2 cm³/mol. The summed E-state index contributed by atoms with van der Waals surface area (Å²) in [5.41, 5.74) is 2.18. The number of carbonyl (C=O) groups excluding carboxylic acids is 1. The molecule has 3 heterocycles. The van der Waals surface area contributed by atoms with Crippen LogP contribution >= 0.6 is 0 Å². The molecule has 1 aliphatic heterocycles. The third-order valence-corrected chi connectivity index (χ3v) is 4.70. The van der Waals surface area contributed by atoms with Crippen LogP contribution in [0.25, 0.3) is 0 Å². The van der Waals surface area contributed by atoms with E-state index in [4.69, 9.17) is 0 Å². The fourth-order valence-electron chi connectivity index (χ4n) is 3.30. The number of benzene rings is 1. The SMILES string of the molecule is O=C1CC(c2n[nH]c(CCc3ccccc3)n2)CN1Cc1ccccn1. The standard InChI is InChI=1S/C20H21N5O/c26-19-12-16(13-25(19)14-17-8-4-5-11-21-17)20-22-18(23-24-20)10-9-15-6-2-1-3-7-15/h1-8,11,16H,9-10,12-14H2,(H,22,23,24). The highest BCUT2D eigenvalue weighted by Gasteiger charge is 2.33. The van der Waals surface area contributed by atoms with E-state index in [1.54, 1.807) is 6.20 Å². The second-order valence-electron chi connectivity index (χ2n) is 6.62. The van der Waals surface area contributed by atoms with Crippen molar-refractivity contribution in [1.82, 2.24) is 25.1 Å². The van der Waals surface area contributed by atoms with Crippen molar-refractivity contribution in [2.45, 2.75) is 31.7 Å². The number of aromatic amines is 1. The summed E-state index contributed by atoms with van der Waals surface area (Å²) in [5, 5.41) is 7.38. The number of pyridine rings is 1. The van der Waals surface area contributed by atoms with Crippen molar-refractivity contribution in [3.05, 3.63) is 77.6 Å². The average molecular weight is 347 g/mol. The predicted octanol–water partition coefficient (Wildman–Crippen LogP) is 2.50. The quantitative estimate of drug-likeness (QED) is 0.743. The number of nitrogens with one attached hydrogen (secondary N) is 1. The summed E-state index contributed by atoms with van der Waals surface area (Å²) in [7, 11) is 0. The number of amides is 1. The molecule has 1 unspecified atom stereocenters. The highest BCUT2D eigenvalue weighted by Crippen LogP contribution is 2.26. The lowest BCUT2D eigenvalue weighted by Gasteiger charge is -2.15. The zero-order valence-corrected chi connectivity index (χ0v) is 14.5. The van der Waals surface area contributed by atoms with Crippen molar-refractivity contribution in [2.75, 3.05) is 6.54 Å². The molecule has 0 spiro atoms. The Kier molecular flexibility index (Phi) is 4.73. The lowest BCUT2D eigenvalue weighted by atomic mass is 10.1. The smallest absolute Gasteiger partial charge is 0.223 e. The molecule has 0 aliphatic carbocycles. The minimum Gasteiger partial charge on any atom is -0.336 e. The van der Waals surface area contributed by atoms with Gasteiger partial charge in [-0.15, -0.1) is 0 Å². The Morgan fingerprint density at radius 1 is 1.08 bits per heavy atom. The molecule has 0 radical (unpaired) electrons. The van der Waals surface area contributed by atoms with Crippen molar-refractivity contribution in [2.24, 2.45) is 0 Å². The van der Waals surface area contributed by atoms with Crippen LogP contribution in [0.4, 0.5) is 0 Å². The summed E-state index contributed by atoms with van der Waals surface area (Å²) in [6, 6.07) is 16.1. The van der Waals surface area contributed by atoms with E-state index >= 15 is 0 Å².